The van der Waals surface area contributed by atoms with Gasteiger partial charge in [-0.1, -0.05) is 0 Å². The van der Waals surface area contributed by atoms with Gasteiger partial charge in [-0.05, 0) is 41.5 Å². The van der Waals surface area contributed by atoms with Crippen molar-refractivity contribution in [3.05, 3.63) is 20.3 Å². The number of thiophene rings is 1. The molecule has 0 aliphatic rings. The van der Waals surface area contributed by atoms with E-state index in [1.807, 2.05) is 0 Å². The molecular formula is C10H10BrF6NS. The van der Waals surface area contributed by atoms with Crippen LogP contribution < -0.4 is 5.32 Å². The normalized spacial score (nSPS) is 15.1. The fraction of sp³-hybridized carbons (Fsp3) is 0.600. The highest BCUT2D eigenvalue weighted by Gasteiger charge is 2.60. The molecule has 0 radical (unpaired) electrons. The molecule has 1 aromatic rings. The zero-order valence-electron chi connectivity index (χ0n) is 9.79. The van der Waals surface area contributed by atoms with Gasteiger partial charge in [-0.2, -0.15) is 26.3 Å². The van der Waals surface area contributed by atoms with Crippen molar-refractivity contribution < 1.29 is 26.3 Å². The first-order valence-electron chi connectivity index (χ1n) is 5.05. The lowest BCUT2D eigenvalue weighted by Gasteiger charge is -2.30. The Kier molecular flexibility index (Phi) is 4.95. The zero-order valence-corrected chi connectivity index (χ0v) is 12.2. The van der Waals surface area contributed by atoms with E-state index in [1.54, 1.807) is 0 Å². The van der Waals surface area contributed by atoms with Crippen molar-refractivity contribution in [3.8, 4) is 0 Å². The number of halogens is 7. The van der Waals surface area contributed by atoms with Crippen LogP contribution in [0.3, 0.4) is 0 Å². The van der Waals surface area contributed by atoms with Gasteiger partial charge in [0.05, 0.1) is 9.83 Å². The summed E-state index contributed by atoms with van der Waals surface area (Å²) >= 11 is 4.15. The molecule has 1 N–H and O–H groups in total. The van der Waals surface area contributed by atoms with Gasteiger partial charge < -0.3 is 5.32 Å². The Balaban J connectivity index is 3.29. The molecule has 0 bridgehead atoms. The standard InChI is InChI=1S/C10H10BrF6NS/c1-4-5(3-6(11)19-4)7(18-2)8(9(12,13)14)10(15,16)17/h3,7-8,18H,1-2H3. The third-order valence-electron chi connectivity index (χ3n) is 2.61. The predicted octanol–water partition coefficient (Wildman–Crippen LogP) is 4.82. The molecule has 1 aromatic heterocycles. The van der Waals surface area contributed by atoms with E-state index in [9.17, 15) is 26.3 Å². The van der Waals surface area contributed by atoms with Crippen LogP contribution in [0, 0.1) is 12.8 Å². The van der Waals surface area contributed by atoms with Gasteiger partial charge in [-0.3, -0.25) is 0 Å². The summed E-state index contributed by atoms with van der Waals surface area (Å²) in [5.74, 6) is -3.44. The molecule has 0 spiro atoms. The minimum atomic E-state index is -5.37. The summed E-state index contributed by atoms with van der Waals surface area (Å²) in [5.41, 5.74) is -0.000903. The Morgan fingerprint density at radius 3 is 1.89 bits per heavy atom. The molecule has 1 nitrogen and oxygen atoms in total. The van der Waals surface area contributed by atoms with Gasteiger partial charge in [-0.15, -0.1) is 11.3 Å². The van der Waals surface area contributed by atoms with Crippen LogP contribution in [0.2, 0.25) is 0 Å². The van der Waals surface area contributed by atoms with Crippen LogP contribution in [0.15, 0.2) is 9.85 Å². The van der Waals surface area contributed by atoms with Gasteiger partial charge in [0, 0.05) is 4.88 Å². The molecule has 0 fully saturated rings. The first kappa shape index (κ1) is 16.8. The number of nitrogens with one attached hydrogen (secondary N) is 1. The number of aryl methyl sites for hydroxylation is 1. The minimum Gasteiger partial charge on any atom is -0.312 e. The van der Waals surface area contributed by atoms with Crippen molar-refractivity contribution in [2.45, 2.75) is 25.3 Å². The van der Waals surface area contributed by atoms with E-state index in [0.29, 0.717) is 8.66 Å². The smallest absolute Gasteiger partial charge is 0.312 e. The van der Waals surface area contributed by atoms with E-state index in [2.05, 4.69) is 21.2 Å². The summed E-state index contributed by atoms with van der Waals surface area (Å²) in [7, 11) is 1.08. The molecule has 19 heavy (non-hydrogen) atoms. The summed E-state index contributed by atoms with van der Waals surface area (Å²) in [5, 5.41) is 2.13. The van der Waals surface area contributed by atoms with Crippen molar-refractivity contribution >= 4 is 27.3 Å². The van der Waals surface area contributed by atoms with Crippen molar-refractivity contribution in [1.29, 1.82) is 0 Å². The maximum absolute atomic E-state index is 12.7. The van der Waals surface area contributed by atoms with E-state index in [-0.39, 0.29) is 5.56 Å². The summed E-state index contributed by atoms with van der Waals surface area (Å²) in [4.78, 5) is 0.407. The molecule has 0 saturated carbocycles. The highest BCUT2D eigenvalue weighted by atomic mass is 79.9. The monoisotopic (exact) mass is 369 g/mol. The molecule has 1 unspecified atom stereocenters. The van der Waals surface area contributed by atoms with Gasteiger partial charge in [0.1, 0.15) is 0 Å². The Labute approximate surface area is 118 Å². The van der Waals surface area contributed by atoms with E-state index in [4.69, 9.17) is 0 Å². The number of rotatable bonds is 3. The third-order valence-corrected chi connectivity index (χ3v) is 4.18. The molecule has 0 amide bonds. The van der Waals surface area contributed by atoms with Crippen LogP contribution in [0.5, 0.6) is 0 Å². The van der Waals surface area contributed by atoms with Crippen molar-refractivity contribution in [2.75, 3.05) is 7.05 Å². The number of hydrogen-bond donors (Lipinski definition) is 1. The van der Waals surface area contributed by atoms with Crippen LogP contribution in [-0.2, 0) is 0 Å². The van der Waals surface area contributed by atoms with Crippen molar-refractivity contribution in [3.63, 3.8) is 0 Å². The number of hydrogen-bond acceptors (Lipinski definition) is 2. The largest absolute Gasteiger partial charge is 0.402 e. The average molecular weight is 370 g/mol. The van der Waals surface area contributed by atoms with Gasteiger partial charge in [0.15, 0.2) is 5.92 Å². The molecule has 0 aliphatic heterocycles. The first-order chi connectivity index (χ1) is 8.48. The third kappa shape index (κ3) is 3.85. The second-order valence-corrected chi connectivity index (χ2v) is 6.52. The second-order valence-electron chi connectivity index (χ2n) is 3.89. The Bertz CT molecular complexity index is 424. The molecule has 110 valence electrons. The summed E-state index contributed by atoms with van der Waals surface area (Å²) < 4.78 is 76.7. The molecule has 0 aliphatic carbocycles. The van der Waals surface area contributed by atoms with Crippen LogP contribution in [-0.4, -0.2) is 19.4 Å². The SMILES string of the molecule is CNC(c1cc(Br)sc1C)C(C(F)(F)F)C(F)(F)F. The Morgan fingerprint density at radius 1 is 1.16 bits per heavy atom. The summed E-state index contributed by atoms with van der Waals surface area (Å²) in [6.45, 7) is 1.49. The van der Waals surface area contributed by atoms with E-state index in [1.165, 1.54) is 13.0 Å². The van der Waals surface area contributed by atoms with Gasteiger partial charge in [0.2, 0.25) is 0 Å². The van der Waals surface area contributed by atoms with E-state index < -0.39 is 24.3 Å². The van der Waals surface area contributed by atoms with Gasteiger partial charge >= 0.3 is 12.4 Å². The molecule has 0 saturated heterocycles. The first-order valence-corrected chi connectivity index (χ1v) is 6.66. The van der Waals surface area contributed by atoms with Crippen LogP contribution >= 0.6 is 27.3 Å². The molecule has 1 heterocycles. The summed E-state index contributed by atoms with van der Waals surface area (Å²) in [6.07, 6.45) is -10.7. The van der Waals surface area contributed by atoms with Crippen molar-refractivity contribution in [1.82, 2.24) is 5.32 Å². The summed E-state index contributed by atoms with van der Waals surface area (Å²) in [6, 6.07) is -0.575. The van der Waals surface area contributed by atoms with E-state index >= 15 is 0 Å². The van der Waals surface area contributed by atoms with Crippen LogP contribution in [0.25, 0.3) is 0 Å². The fourth-order valence-electron chi connectivity index (χ4n) is 1.83. The molecule has 1 atom stereocenters. The Morgan fingerprint density at radius 2 is 1.63 bits per heavy atom. The highest BCUT2D eigenvalue weighted by Crippen LogP contribution is 2.48. The number of alkyl halides is 6. The van der Waals surface area contributed by atoms with E-state index in [0.717, 1.165) is 18.4 Å². The fourth-order valence-corrected chi connectivity index (χ4v) is 3.59. The maximum atomic E-state index is 12.7. The molecular weight excluding hydrogens is 360 g/mol. The van der Waals surface area contributed by atoms with Crippen LogP contribution in [0.4, 0.5) is 26.3 Å². The van der Waals surface area contributed by atoms with Crippen molar-refractivity contribution in [2.24, 2.45) is 5.92 Å². The molecule has 1 rings (SSSR count). The maximum Gasteiger partial charge on any atom is 0.402 e. The average Bonchev–Trinajstić information content (AvgIpc) is 2.49. The lowest BCUT2D eigenvalue weighted by atomic mass is 9.92. The highest BCUT2D eigenvalue weighted by molar-refractivity contribution is 9.11. The topological polar surface area (TPSA) is 12.0 Å². The molecule has 0 aromatic carbocycles. The Hall–Kier alpha value is -0.280. The van der Waals surface area contributed by atoms with Gasteiger partial charge in [-0.25, -0.2) is 0 Å². The lowest BCUT2D eigenvalue weighted by Crippen LogP contribution is -2.45. The predicted molar refractivity (Wildman–Crippen MR) is 64.2 cm³/mol. The quantitative estimate of drug-likeness (QED) is 0.753. The minimum absolute atomic E-state index is 0.000903. The van der Waals surface area contributed by atoms with Gasteiger partial charge in [0.25, 0.3) is 0 Å². The zero-order chi connectivity index (χ0) is 15.0. The second kappa shape index (κ2) is 5.61. The molecule has 9 heteroatoms. The lowest BCUT2D eigenvalue weighted by molar-refractivity contribution is -0.292. The van der Waals surface area contributed by atoms with Crippen LogP contribution in [0.1, 0.15) is 16.5 Å².